The molecule has 0 heterocycles. The molecule has 0 aromatic rings. The van der Waals surface area contributed by atoms with Gasteiger partial charge in [-0.3, -0.25) is 4.79 Å². The Hall–Kier alpha value is -0.830. The number of aliphatic hydroxyl groups excluding tert-OH is 1. The summed E-state index contributed by atoms with van der Waals surface area (Å²) < 4.78 is 0. The summed E-state index contributed by atoms with van der Waals surface area (Å²) >= 11 is 0. The van der Waals surface area contributed by atoms with Gasteiger partial charge in [-0.1, -0.05) is 60.1 Å². The van der Waals surface area contributed by atoms with Gasteiger partial charge in [-0.05, 0) is 109 Å². The Kier molecular flexibility index (Phi) is 5.31. The van der Waals surface area contributed by atoms with E-state index in [1.165, 1.54) is 12.8 Å². The topological polar surface area (TPSA) is 63.3 Å². The number of primary amides is 1. The van der Waals surface area contributed by atoms with E-state index in [4.69, 9.17) is 5.73 Å². The molecule has 3 heteroatoms. The number of amides is 1. The first-order valence-electron chi connectivity index (χ1n) is 14.0. The van der Waals surface area contributed by atoms with Crippen LogP contribution in [0.5, 0.6) is 0 Å². The van der Waals surface area contributed by atoms with Crippen LogP contribution in [0.1, 0.15) is 99.8 Å². The summed E-state index contributed by atoms with van der Waals surface area (Å²) in [7, 11) is 0. The van der Waals surface area contributed by atoms with Gasteiger partial charge in [0.05, 0.1) is 11.5 Å². The third-order valence-electron chi connectivity index (χ3n) is 12.9. The van der Waals surface area contributed by atoms with Crippen molar-refractivity contribution in [2.45, 2.75) is 106 Å². The summed E-state index contributed by atoms with van der Waals surface area (Å²) in [5.41, 5.74) is 8.05. The molecular weight excluding hydrogens is 406 g/mol. The van der Waals surface area contributed by atoms with E-state index in [1.54, 1.807) is 5.57 Å². The molecule has 0 aromatic carbocycles. The number of hydrogen-bond acceptors (Lipinski definition) is 2. The molecule has 33 heavy (non-hydrogen) atoms. The molecule has 0 radical (unpaired) electrons. The first kappa shape index (κ1) is 23.9. The van der Waals surface area contributed by atoms with Crippen LogP contribution in [-0.4, -0.2) is 17.1 Å². The van der Waals surface area contributed by atoms with Crippen molar-refractivity contribution in [3.05, 3.63) is 11.6 Å². The molecule has 0 saturated heterocycles. The van der Waals surface area contributed by atoms with Crippen LogP contribution in [0.4, 0.5) is 0 Å². The van der Waals surface area contributed by atoms with Crippen molar-refractivity contribution in [3.8, 4) is 0 Å². The second-order valence-corrected chi connectivity index (χ2v) is 14.5. The highest BCUT2D eigenvalue weighted by Gasteiger charge is 2.67. The van der Waals surface area contributed by atoms with Gasteiger partial charge < -0.3 is 10.8 Å². The zero-order valence-corrected chi connectivity index (χ0v) is 22.3. The zero-order chi connectivity index (χ0) is 24.1. The number of hydrogen-bond donors (Lipinski definition) is 2. The lowest BCUT2D eigenvalue weighted by Crippen LogP contribution is -2.64. The molecule has 5 rings (SSSR count). The fourth-order valence-corrected chi connectivity index (χ4v) is 11.2. The van der Waals surface area contributed by atoms with Crippen LogP contribution in [0.15, 0.2) is 11.6 Å². The van der Waals surface area contributed by atoms with Crippen molar-refractivity contribution in [1.29, 1.82) is 0 Å². The van der Waals surface area contributed by atoms with Gasteiger partial charge in [0.2, 0.25) is 5.91 Å². The van der Waals surface area contributed by atoms with E-state index in [0.29, 0.717) is 41.4 Å². The third-order valence-corrected chi connectivity index (χ3v) is 12.9. The minimum absolute atomic E-state index is 0.00899. The van der Waals surface area contributed by atoms with Crippen LogP contribution in [0.25, 0.3) is 0 Å². The largest absolute Gasteiger partial charge is 0.393 e. The number of aliphatic hydroxyl groups is 1. The molecule has 4 fully saturated rings. The van der Waals surface area contributed by atoms with Crippen LogP contribution in [0, 0.1) is 63.1 Å². The smallest absolute Gasteiger partial charge is 0.224 e. The molecule has 0 spiro atoms. The molecule has 3 N–H and O–H groups in total. The molecule has 11 atom stereocenters. The second kappa shape index (κ2) is 7.34. The highest BCUT2D eigenvalue weighted by atomic mass is 16.3. The van der Waals surface area contributed by atoms with Gasteiger partial charge in [-0.2, -0.15) is 0 Å². The normalized spacial score (nSPS) is 55.3. The molecule has 5 aliphatic carbocycles. The summed E-state index contributed by atoms with van der Waals surface area (Å²) in [5, 5.41) is 10.9. The Morgan fingerprint density at radius 1 is 0.909 bits per heavy atom. The van der Waals surface area contributed by atoms with E-state index in [9.17, 15) is 9.90 Å². The molecule has 2 unspecified atom stereocenters. The zero-order valence-electron chi connectivity index (χ0n) is 22.3. The maximum atomic E-state index is 13.1. The molecule has 0 bridgehead atoms. The molecule has 0 aromatic heterocycles. The van der Waals surface area contributed by atoms with Gasteiger partial charge >= 0.3 is 0 Å². The number of nitrogens with two attached hydrogens (primary N) is 1. The Balaban J connectivity index is 1.60. The fourth-order valence-electron chi connectivity index (χ4n) is 11.2. The van der Waals surface area contributed by atoms with Gasteiger partial charge in [0, 0.05) is 0 Å². The molecule has 1 amide bonds. The Morgan fingerprint density at radius 3 is 2.24 bits per heavy atom. The SMILES string of the molecule is CC1C[C@@]2(C(N)=O)CC[C@@H](C)[C@H](C)[C@H]2C2=CC[C@H]3[C@@](C)(CC[C@H]4C(C)(C)C(O)CC[C@]34C)[C@@H]21. The summed E-state index contributed by atoms with van der Waals surface area (Å²) in [5.74, 6) is 3.75. The molecule has 0 aliphatic heterocycles. The average molecular weight is 456 g/mol. The number of carbonyl (C=O) groups excluding carboxylic acids is 1. The standard InChI is InChI=1S/C30H49NO2/c1-17-10-15-30(26(31)33)16-18(2)24-20(25(30)19(17)3)8-9-22-28(6)14-12-23(32)27(4,5)21(28)11-13-29(22,24)7/h8,17-19,21-25,32H,9-16H2,1-7H3,(H2,31,33)/t17-,18?,19+,21+,22-,23?,24-,25+,28+,29-,30+/m1/s1. The average Bonchev–Trinajstić information content (AvgIpc) is 2.73. The first-order chi connectivity index (χ1) is 15.3. The van der Waals surface area contributed by atoms with Gasteiger partial charge in [0.25, 0.3) is 0 Å². The molecule has 5 aliphatic rings. The van der Waals surface area contributed by atoms with Crippen molar-refractivity contribution >= 4 is 5.91 Å². The molecule has 186 valence electrons. The highest BCUT2D eigenvalue weighted by molar-refractivity contribution is 5.82. The van der Waals surface area contributed by atoms with Gasteiger partial charge in [0.1, 0.15) is 0 Å². The lowest BCUT2D eigenvalue weighted by molar-refractivity contribution is -0.192. The lowest BCUT2D eigenvalue weighted by atomic mass is 9.35. The monoisotopic (exact) mass is 455 g/mol. The third kappa shape index (κ3) is 2.93. The molecule has 4 saturated carbocycles. The highest BCUT2D eigenvalue weighted by Crippen LogP contribution is 2.72. The van der Waals surface area contributed by atoms with Crippen molar-refractivity contribution in [2.24, 2.45) is 68.8 Å². The first-order valence-corrected chi connectivity index (χ1v) is 14.0. The van der Waals surface area contributed by atoms with E-state index < -0.39 is 0 Å². The fraction of sp³-hybridized carbons (Fsp3) is 0.900. The number of carbonyl (C=O) groups is 1. The number of fused-ring (bicyclic) bond motifs is 7. The van der Waals surface area contributed by atoms with Gasteiger partial charge in [-0.25, -0.2) is 0 Å². The molecule has 3 nitrogen and oxygen atoms in total. The van der Waals surface area contributed by atoms with E-state index in [0.717, 1.165) is 38.5 Å². The summed E-state index contributed by atoms with van der Waals surface area (Å²) in [6.45, 7) is 17.0. The van der Waals surface area contributed by atoms with Crippen LogP contribution >= 0.6 is 0 Å². The van der Waals surface area contributed by atoms with Crippen molar-refractivity contribution < 1.29 is 9.90 Å². The lowest BCUT2D eigenvalue weighted by Gasteiger charge is -2.69. The predicted molar refractivity (Wildman–Crippen MR) is 134 cm³/mol. The Bertz CT molecular complexity index is 861. The minimum atomic E-state index is -0.338. The van der Waals surface area contributed by atoms with Crippen LogP contribution in [0.3, 0.4) is 0 Å². The van der Waals surface area contributed by atoms with E-state index in [1.807, 2.05) is 0 Å². The maximum absolute atomic E-state index is 13.1. The van der Waals surface area contributed by atoms with Gasteiger partial charge in [-0.15, -0.1) is 0 Å². The predicted octanol–water partition coefficient (Wildman–Crippen LogP) is 6.35. The van der Waals surface area contributed by atoms with Crippen LogP contribution < -0.4 is 5.73 Å². The Morgan fingerprint density at radius 2 is 1.58 bits per heavy atom. The van der Waals surface area contributed by atoms with Crippen LogP contribution in [0.2, 0.25) is 0 Å². The van der Waals surface area contributed by atoms with Crippen molar-refractivity contribution in [3.63, 3.8) is 0 Å². The van der Waals surface area contributed by atoms with Crippen molar-refractivity contribution in [1.82, 2.24) is 0 Å². The number of allylic oxidation sites excluding steroid dienone is 2. The second-order valence-electron chi connectivity index (χ2n) is 14.5. The summed E-state index contributed by atoms with van der Waals surface area (Å²) in [6.07, 6.45) is 11.2. The van der Waals surface area contributed by atoms with E-state index >= 15 is 0 Å². The van der Waals surface area contributed by atoms with Gasteiger partial charge in [0.15, 0.2) is 0 Å². The number of rotatable bonds is 1. The minimum Gasteiger partial charge on any atom is -0.393 e. The summed E-state index contributed by atoms with van der Waals surface area (Å²) in [6, 6.07) is 0. The van der Waals surface area contributed by atoms with E-state index in [-0.39, 0.29) is 33.7 Å². The van der Waals surface area contributed by atoms with Crippen molar-refractivity contribution in [2.75, 3.05) is 0 Å². The van der Waals surface area contributed by atoms with Crippen LogP contribution in [-0.2, 0) is 4.79 Å². The van der Waals surface area contributed by atoms with E-state index in [2.05, 4.69) is 54.5 Å². The molecular formula is C30H49NO2. The Labute approximate surface area is 202 Å². The maximum Gasteiger partial charge on any atom is 0.224 e. The summed E-state index contributed by atoms with van der Waals surface area (Å²) in [4.78, 5) is 13.1. The quantitative estimate of drug-likeness (QED) is 0.453.